The molecule has 0 N–H and O–H groups in total. The Hall–Kier alpha value is -2.85. The van der Waals surface area contributed by atoms with E-state index in [1.165, 1.54) is 6.20 Å². The van der Waals surface area contributed by atoms with Crippen molar-refractivity contribution in [1.29, 1.82) is 0 Å². The average molecular weight is 449 g/mol. The molecule has 0 aliphatic carbocycles. The Morgan fingerprint density at radius 2 is 1.88 bits per heavy atom. The quantitative estimate of drug-likeness (QED) is 0.491. The molecule has 3 heterocycles. The summed E-state index contributed by atoms with van der Waals surface area (Å²) in [4.78, 5) is 45.6. The van der Waals surface area contributed by atoms with Gasteiger partial charge in [0.2, 0.25) is 17.6 Å². The molecular formula is C22H31FN5O4+. The zero-order valence-corrected chi connectivity index (χ0v) is 19.3. The van der Waals surface area contributed by atoms with E-state index in [0.29, 0.717) is 36.3 Å². The van der Waals surface area contributed by atoms with Crippen LogP contribution in [0.2, 0.25) is 0 Å². The van der Waals surface area contributed by atoms with E-state index in [9.17, 15) is 18.8 Å². The SMILES string of the molecule is CCOC(=O)c1cn(C(N2CCN(C(C)=O)CC2)[N+](C)(C)CC)c2ncc(F)cc2c1=O. The third kappa shape index (κ3) is 4.51. The van der Waals surface area contributed by atoms with Crippen molar-refractivity contribution in [2.75, 3.05) is 53.4 Å². The molecule has 9 nitrogen and oxygen atoms in total. The highest BCUT2D eigenvalue weighted by atomic mass is 19.1. The number of halogens is 1. The number of pyridine rings is 2. The van der Waals surface area contributed by atoms with Gasteiger partial charge in [-0.2, -0.15) is 0 Å². The number of carbonyl (C=O) groups excluding carboxylic acids is 2. The van der Waals surface area contributed by atoms with Gasteiger partial charge in [-0.3, -0.25) is 18.6 Å². The van der Waals surface area contributed by atoms with Crippen molar-refractivity contribution in [2.24, 2.45) is 0 Å². The molecule has 0 radical (unpaired) electrons. The molecule has 1 unspecified atom stereocenters. The molecule has 10 heteroatoms. The number of fused-ring (bicyclic) bond motifs is 1. The minimum Gasteiger partial charge on any atom is -0.462 e. The summed E-state index contributed by atoms with van der Waals surface area (Å²) in [6, 6.07) is 1.11. The Morgan fingerprint density at radius 1 is 1.22 bits per heavy atom. The van der Waals surface area contributed by atoms with Crippen molar-refractivity contribution >= 4 is 22.9 Å². The zero-order valence-electron chi connectivity index (χ0n) is 19.3. The summed E-state index contributed by atoms with van der Waals surface area (Å²) in [5.41, 5.74) is -0.470. The zero-order chi connectivity index (χ0) is 23.6. The van der Waals surface area contributed by atoms with Gasteiger partial charge >= 0.3 is 5.97 Å². The molecule has 1 atom stereocenters. The molecule has 2 aromatic rings. The van der Waals surface area contributed by atoms with Gasteiger partial charge in [0.1, 0.15) is 17.0 Å². The topological polar surface area (TPSA) is 84.7 Å². The fraction of sp³-hybridized carbons (Fsp3) is 0.545. The number of amides is 1. The lowest BCUT2D eigenvalue weighted by atomic mass is 10.2. The maximum Gasteiger partial charge on any atom is 0.343 e. The highest BCUT2D eigenvalue weighted by Gasteiger charge is 2.38. The number of aromatic nitrogens is 2. The number of ether oxygens (including phenoxy) is 1. The normalized spacial score (nSPS) is 16.2. The fourth-order valence-electron chi connectivity index (χ4n) is 4.12. The van der Waals surface area contributed by atoms with Crippen LogP contribution < -0.4 is 5.43 Å². The average Bonchev–Trinajstić information content (AvgIpc) is 2.76. The number of quaternary nitrogens is 1. The van der Waals surface area contributed by atoms with E-state index in [4.69, 9.17) is 4.74 Å². The van der Waals surface area contributed by atoms with Crippen LogP contribution in [0.3, 0.4) is 0 Å². The lowest BCUT2D eigenvalue weighted by molar-refractivity contribution is -0.942. The molecule has 0 spiro atoms. The Balaban J connectivity index is 2.22. The number of rotatable bonds is 6. The molecule has 1 amide bonds. The summed E-state index contributed by atoms with van der Waals surface area (Å²) in [7, 11) is 4.08. The van der Waals surface area contributed by atoms with Gasteiger partial charge in [0.15, 0.2) is 0 Å². The van der Waals surface area contributed by atoms with E-state index in [0.717, 1.165) is 18.8 Å². The van der Waals surface area contributed by atoms with Crippen LogP contribution >= 0.6 is 0 Å². The van der Waals surface area contributed by atoms with Gasteiger partial charge < -0.3 is 9.64 Å². The van der Waals surface area contributed by atoms with Crippen LogP contribution in [0.15, 0.2) is 23.3 Å². The molecule has 0 bridgehead atoms. The molecule has 1 saturated heterocycles. The van der Waals surface area contributed by atoms with E-state index < -0.39 is 17.2 Å². The first-order valence-corrected chi connectivity index (χ1v) is 10.8. The highest BCUT2D eigenvalue weighted by molar-refractivity contribution is 5.93. The Bertz CT molecular complexity index is 1080. The van der Waals surface area contributed by atoms with Gasteiger partial charge in [0.25, 0.3) is 0 Å². The van der Waals surface area contributed by atoms with Gasteiger partial charge in [-0.15, -0.1) is 0 Å². The number of nitrogens with zero attached hydrogens (tertiary/aromatic N) is 5. The second-order valence-corrected chi connectivity index (χ2v) is 8.51. The molecule has 32 heavy (non-hydrogen) atoms. The van der Waals surface area contributed by atoms with Crippen LogP contribution in [0.25, 0.3) is 11.0 Å². The van der Waals surface area contributed by atoms with Crippen molar-refractivity contribution in [2.45, 2.75) is 27.1 Å². The standard InChI is InChI=1S/C22H31FN5O4/c1-6-28(4,5)22(26-10-8-25(9-11-26)15(3)29)27-14-18(21(31)32-7-2)19(30)17-12-16(23)13-24-20(17)27/h12-14,22H,6-11H2,1-5H3/q+1. The number of hydrogen-bond acceptors (Lipinski definition) is 6. The summed E-state index contributed by atoms with van der Waals surface area (Å²) in [6.45, 7) is 8.46. The molecule has 174 valence electrons. The van der Waals surface area contributed by atoms with E-state index in [1.807, 2.05) is 21.0 Å². The van der Waals surface area contributed by atoms with Gasteiger partial charge in [0.05, 0.1) is 38.8 Å². The van der Waals surface area contributed by atoms with Crippen LogP contribution in [0.1, 0.15) is 37.4 Å². The lowest BCUT2D eigenvalue weighted by Gasteiger charge is -2.46. The van der Waals surface area contributed by atoms with Crippen LogP contribution in [0.4, 0.5) is 4.39 Å². The van der Waals surface area contributed by atoms with E-state index in [1.54, 1.807) is 23.3 Å². The van der Waals surface area contributed by atoms with E-state index in [-0.39, 0.29) is 29.8 Å². The third-order valence-electron chi connectivity index (χ3n) is 6.11. The summed E-state index contributed by atoms with van der Waals surface area (Å²) in [5.74, 6) is -1.38. The first-order valence-electron chi connectivity index (χ1n) is 10.8. The molecule has 1 aliphatic heterocycles. The van der Waals surface area contributed by atoms with E-state index in [2.05, 4.69) is 9.88 Å². The van der Waals surface area contributed by atoms with Crippen molar-refractivity contribution in [3.63, 3.8) is 0 Å². The van der Waals surface area contributed by atoms with Crippen molar-refractivity contribution in [3.05, 3.63) is 40.1 Å². The van der Waals surface area contributed by atoms with Crippen LogP contribution in [0.5, 0.6) is 0 Å². The molecule has 3 rings (SSSR count). The number of hydrogen-bond donors (Lipinski definition) is 0. The third-order valence-corrected chi connectivity index (χ3v) is 6.11. The van der Waals surface area contributed by atoms with Crippen LogP contribution in [-0.4, -0.2) is 89.1 Å². The molecule has 1 aliphatic rings. The minimum absolute atomic E-state index is 0.0269. The van der Waals surface area contributed by atoms with Gasteiger partial charge in [0, 0.05) is 39.3 Å². The number of esters is 1. The van der Waals surface area contributed by atoms with Crippen molar-refractivity contribution in [3.8, 4) is 0 Å². The maximum absolute atomic E-state index is 14.0. The Kier molecular flexibility index (Phi) is 6.94. The molecule has 0 aromatic carbocycles. The fourth-order valence-corrected chi connectivity index (χ4v) is 4.12. The van der Waals surface area contributed by atoms with Gasteiger partial charge in [-0.1, -0.05) is 0 Å². The van der Waals surface area contributed by atoms with Crippen molar-refractivity contribution < 1.29 is 23.2 Å². The summed E-state index contributed by atoms with van der Waals surface area (Å²) >= 11 is 0. The smallest absolute Gasteiger partial charge is 0.343 e. The Morgan fingerprint density at radius 3 is 2.44 bits per heavy atom. The van der Waals surface area contributed by atoms with Gasteiger partial charge in [-0.25, -0.2) is 19.1 Å². The van der Waals surface area contributed by atoms with Crippen molar-refractivity contribution in [1.82, 2.24) is 19.4 Å². The molecule has 0 saturated carbocycles. The molecular weight excluding hydrogens is 417 g/mol. The second-order valence-electron chi connectivity index (χ2n) is 8.51. The number of carbonyl (C=O) groups is 2. The first kappa shape index (κ1) is 23.8. The number of piperazine rings is 1. The molecule has 1 fully saturated rings. The highest BCUT2D eigenvalue weighted by Crippen LogP contribution is 2.28. The first-order chi connectivity index (χ1) is 15.1. The maximum atomic E-state index is 14.0. The predicted molar refractivity (Wildman–Crippen MR) is 117 cm³/mol. The van der Waals surface area contributed by atoms with Crippen LogP contribution in [-0.2, 0) is 9.53 Å². The lowest BCUT2D eigenvalue weighted by Crippen LogP contribution is -2.59. The predicted octanol–water partition coefficient (Wildman–Crippen LogP) is 1.43. The summed E-state index contributed by atoms with van der Waals surface area (Å²) in [6.07, 6.45) is 2.20. The van der Waals surface area contributed by atoms with Crippen LogP contribution in [0, 0.1) is 5.82 Å². The summed E-state index contributed by atoms with van der Waals surface area (Å²) in [5, 5.41) is 0.0269. The summed E-state index contributed by atoms with van der Waals surface area (Å²) < 4.78 is 21.4. The minimum atomic E-state index is -0.751. The molecule has 2 aromatic heterocycles. The second kappa shape index (κ2) is 9.33. The monoisotopic (exact) mass is 448 g/mol. The largest absolute Gasteiger partial charge is 0.462 e. The van der Waals surface area contributed by atoms with Gasteiger partial charge in [-0.05, 0) is 19.9 Å². The Labute approximate surface area is 186 Å². The van der Waals surface area contributed by atoms with E-state index >= 15 is 0 Å².